The van der Waals surface area contributed by atoms with Crippen LogP contribution in [-0.4, -0.2) is 23.4 Å². The first-order chi connectivity index (χ1) is 7.56. The zero-order valence-electron chi connectivity index (χ0n) is 10.2. The topological polar surface area (TPSA) is 44.1 Å². The maximum absolute atomic E-state index is 12.3. The molecule has 0 aromatic heterocycles. The molecule has 0 saturated heterocycles. The summed E-state index contributed by atoms with van der Waals surface area (Å²) >= 11 is 0. The van der Waals surface area contributed by atoms with Crippen molar-refractivity contribution < 1.29 is 4.79 Å². The fourth-order valence-electron chi connectivity index (χ4n) is 2.77. The quantitative estimate of drug-likeness (QED) is 0.685. The van der Waals surface area contributed by atoms with Gasteiger partial charge in [0.05, 0.1) is 6.07 Å². The Labute approximate surface area is 97.4 Å². The molecular formula is C13H20N2O. The molecule has 2 aliphatic carbocycles. The minimum atomic E-state index is 0.168. The van der Waals surface area contributed by atoms with E-state index in [2.05, 4.69) is 19.9 Å². The minimum absolute atomic E-state index is 0.168. The largest absolute Gasteiger partial charge is 0.326 e. The van der Waals surface area contributed by atoms with Crippen molar-refractivity contribution in [3.63, 3.8) is 0 Å². The van der Waals surface area contributed by atoms with Crippen LogP contribution >= 0.6 is 0 Å². The molecule has 16 heavy (non-hydrogen) atoms. The van der Waals surface area contributed by atoms with Gasteiger partial charge in [0.1, 0.15) is 6.54 Å². The summed E-state index contributed by atoms with van der Waals surface area (Å²) < 4.78 is 0. The van der Waals surface area contributed by atoms with Crippen molar-refractivity contribution in [2.24, 2.45) is 11.3 Å². The Balaban J connectivity index is 2.02. The van der Waals surface area contributed by atoms with Crippen molar-refractivity contribution in [3.8, 4) is 6.07 Å². The van der Waals surface area contributed by atoms with Crippen LogP contribution in [0, 0.1) is 22.7 Å². The Hall–Kier alpha value is -1.04. The number of nitrogens with zero attached hydrogens (tertiary/aromatic N) is 2. The summed E-state index contributed by atoms with van der Waals surface area (Å²) in [6.45, 7) is 4.54. The van der Waals surface area contributed by atoms with Gasteiger partial charge in [0.15, 0.2) is 0 Å². The molecule has 0 N–H and O–H groups in total. The highest BCUT2D eigenvalue weighted by atomic mass is 16.2. The highest BCUT2D eigenvalue weighted by Gasteiger charge is 2.52. The van der Waals surface area contributed by atoms with E-state index in [9.17, 15) is 4.79 Å². The van der Waals surface area contributed by atoms with Crippen molar-refractivity contribution in [2.45, 2.75) is 52.0 Å². The zero-order valence-corrected chi connectivity index (χ0v) is 10.2. The van der Waals surface area contributed by atoms with Gasteiger partial charge in [-0.2, -0.15) is 5.26 Å². The summed E-state index contributed by atoms with van der Waals surface area (Å²) in [4.78, 5) is 14.1. The molecule has 3 heteroatoms. The highest BCUT2D eigenvalue weighted by Crippen LogP contribution is 2.52. The molecule has 1 unspecified atom stereocenters. The van der Waals surface area contributed by atoms with E-state index in [-0.39, 0.29) is 23.8 Å². The number of amides is 1. The highest BCUT2D eigenvalue weighted by molar-refractivity contribution is 5.83. The van der Waals surface area contributed by atoms with E-state index >= 15 is 0 Å². The van der Waals surface area contributed by atoms with Crippen molar-refractivity contribution in [1.82, 2.24) is 4.90 Å². The van der Waals surface area contributed by atoms with E-state index in [4.69, 9.17) is 5.26 Å². The fraction of sp³-hybridized carbons (Fsp3) is 0.846. The average Bonchev–Trinajstić information content (AvgIpc) is 2.70. The number of nitriles is 1. The second-order valence-corrected chi connectivity index (χ2v) is 5.81. The molecular weight excluding hydrogens is 200 g/mol. The molecule has 1 amide bonds. The second-order valence-electron chi connectivity index (χ2n) is 5.81. The van der Waals surface area contributed by atoms with Crippen molar-refractivity contribution in [1.29, 1.82) is 5.26 Å². The molecule has 3 nitrogen and oxygen atoms in total. The van der Waals surface area contributed by atoms with E-state index in [1.807, 2.05) is 4.90 Å². The minimum Gasteiger partial charge on any atom is -0.326 e. The maximum atomic E-state index is 12.3. The van der Waals surface area contributed by atoms with Gasteiger partial charge in [0.25, 0.3) is 0 Å². The third-order valence-corrected chi connectivity index (χ3v) is 4.10. The van der Waals surface area contributed by atoms with Crippen LogP contribution in [0.1, 0.15) is 46.0 Å². The normalized spacial score (nSPS) is 27.4. The van der Waals surface area contributed by atoms with Gasteiger partial charge in [-0.1, -0.05) is 26.7 Å². The molecule has 2 saturated carbocycles. The summed E-state index contributed by atoms with van der Waals surface area (Å²) in [6, 6.07) is 2.48. The zero-order chi connectivity index (χ0) is 11.8. The SMILES string of the molecule is CC1(C)CC1C(=O)N(CC#N)C1CCCC1. The van der Waals surface area contributed by atoms with Crippen LogP contribution in [-0.2, 0) is 4.79 Å². The second kappa shape index (κ2) is 4.08. The Bertz CT molecular complexity index is 323. The lowest BCUT2D eigenvalue weighted by Crippen LogP contribution is -2.40. The lowest BCUT2D eigenvalue weighted by molar-refractivity contribution is -0.134. The van der Waals surface area contributed by atoms with E-state index in [1.54, 1.807) is 0 Å². The first-order valence-corrected chi connectivity index (χ1v) is 6.23. The summed E-state index contributed by atoms with van der Waals surface area (Å²) in [7, 11) is 0. The number of hydrogen-bond acceptors (Lipinski definition) is 2. The van der Waals surface area contributed by atoms with Crippen LogP contribution in [0.3, 0.4) is 0 Å². The van der Waals surface area contributed by atoms with E-state index in [1.165, 1.54) is 12.8 Å². The maximum Gasteiger partial charge on any atom is 0.227 e. The molecule has 0 radical (unpaired) electrons. The number of carbonyl (C=O) groups excluding carboxylic acids is 1. The average molecular weight is 220 g/mol. The van der Waals surface area contributed by atoms with Gasteiger partial charge in [0, 0.05) is 12.0 Å². The van der Waals surface area contributed by atoms with Crippen LogP contribution < -0.4 is 0 Å². The Morgan fingerprint density at radius 2 is 2.00 bits per heavy atom. The van der Waals surface area contributed by atoms with E-state index in [0.29, 0.717) is 6.04 Å². The molecule has 0 aliphatic heterocycles. The van der Waals surface area contributed by atoms with Crippen LogP contribution in [0.5, 0.6) is 0 Å². The van der Waals surface area contributed by atoms with Crippen LogP contribution in [0.2, 0.25) is 0 Å². The Morgan fingerprint density at radius 1 is 1.44 bits per heavy atom. The number of carbonyl (C=O) groups is 1. The standard InChI is InChI=1S/C13H20N2O/c1-13(2)9-11(13)12(16)15(8-7-14)10-5-3-4-6-10/h10-11H,3-6,8-9H2,1-2H3. The van der Waals surface area contributed by atoms with Gasteiger partial charge < -0.3 is 4.90 Å². The molecule has 88 valence electrons. The lowest BCUT2D eigenvalue weighted by Gasteiger charge is -2.27. The first kappa shape index (κ1) is 11.4. The number of hydrogen-bond donors (Lipinski definition) is 0. The van der Waals surface area contributed by atoms with E-state index < -0.39 is 0 Å². The molecule has 2 aliphatic rings. The Morgan fingerprint density at radius 3 is 2.44 bits per heavy atom. The Kier molecular flexibility index (Phi) is 2.92. The predicted octanol–water partition coefficient (Wildman–Crippen LogP) is 2.33. The van der Waals surface area contributed by atoms with Gasteiger partial charge in [-0.05, 0) is 24.7 Å². The number of rotatable bonds is 3. The molecule has 1 atom stereocenters. The smallest absolute Gasteiger partial charge is 0.227 e. The van der Waals surface area contributed by atoms with Gasteiger partial charge >= 0.3 is 0 Å². The van der Waals surface area contributed by atoms with Gasteiger partial charge in [-0.25, -0.2) is 0 Å². The third kappa shape index (κ3) is 2.07. The van der Waals surface area contributed by atoms with Crippen LogP contribution in [0.15, 0.2) is 0 Å². The fourth-order valence-corrected chi connectivity index (χ4v) is 2.77. The first-order valence-electron chi connectivity index (χ1n) is 6.23. The van der Waals surface area contributed by atoms with Gasteiger partial charge in [0.2, 0.25) is 5.91 Å². The molecule has 2 rings (SSSR count). The molecule has 0 spiro atoms. The monoisotopic (exact) mass is 220 g/mol. The molecule has 0 heterocycles. The molecule has 0 aromatic carbocycles. The van der Waals surface area contributed by atoms with Gasteiger partial charge in [-0.3, -0.25) is 4.79 Å². The van der Waals surface area contributed by atoms with Crippen molar-refractivity contribution in [3.05, 3.63) is 0 Å². The summed E-state index contributed by atoms with van der Waals surface area (Å²) in [6.07, 6.45) is 5.56. The molecule has 0 aromatic rings. The van der Waals surface area contributed by atoms with Crippen LogP contribution in [0.4, 0.5) is 0 Å². The molecule has 0 bridgehead atoms. The molecule has 2 fully saturated rings. The third-order valence-electron chi connectivity index (χ3n) is 4.10. The van der Waals surface area contributed by atoms with Crippen molar-refractivity contribution in [2.75, 3.05) is 6.54 Å². The predicted molar refractivity (Wildman–Crippen MR) is 61.5 cm³/mol. The van der Waals surface area contributed by atoms with E-state index in [0.717, 1.165) is 19.3 Å². The summed E-state index contributed by atoms with van der Waals surface area (Å²) in [5, 5.41) is 8.83. The van der Waals surface area contributed by atoms with Crippen LogP contribution in [0.25, 0.3) is 0 Å². The lowest BCUT2D eigenvalue weighted by atomic mass is 10.1. The summed E-state index contributed by atoms with van der Waals surface area (Å²) in [5.74, 6) is 0.389. The van der Waals surface area contributed by atoms with Crippen molar-refractivity contribution >= 4 is 5.91 Å². The summed E-state index contributed by atoms with van der Waals surface area (Å²) in [5.41, 5.74) is 0.170. The van der Waals surface area contributed by atoms with Gasteiger partial charge in [-0.15, -0.1) is 0 Å².